The highest BCUT2D eigenvalue weighted by Crippen LogP contribution is 2.24. The zero-order chi connectivity index (χ0) is 23.1. The molecule has 2 aliphatic rings. The van der Waals surface area contributed by atoms with Gasteiger partial charge in [-0.1, -0.05) is 23.3 Å². The molecule has 2 saturated heterocycles. The molecule has 0 bridgehead atoms. The topological polar surface area (TPSA) is 158 Å². The molecule has 10 nitrogen and oxygen atoms in total. The fraction of sp³-hybridized carbons (Fsp3) is 0.810. The predicted octanol–water partition coefficient (Wildman–Crippen LogP) is -1.04. The third kappa shape index (κ3) is 7.57. The third-order valence-electron chi connectivity index (χ3n) is 5.33. The SMILES string of the molecule is CC(C)=CCC/C(C)=C\COC1OC(COC2OCC(O)C(O)C2O)C(O)C(O)C1O. The van der Waals surface area contributed by atoms with Crippen LogP contribution >= 0.6 is 0 Å². The van der Waals surface area contributed by atoms with Gasteiger partial charge in [-0.05, 0) is 33.6 Å². The number of rotatable bonds is 9. The first-order valence-electron chi connectivity index (χ1n) is 10.5. The Morgan fingerprint density at radius 1 is 0.839 bits per heavy atom. The predicted molar refractivity (Wildman–Crippen MR) is 109 cm³/mol. The van der Waals surface area contributed by atoms with Crippen molar-refractivity contribution in [3.63, 3.8) is 0 Å². The molecule has 0 aromatic rings. The van der Waals surface area contributed by atoms with Gasteiger partial charge in [0.15, 0.2) is 12.6 Å². The number of ether oxygens (including phenoxy) is 4. The maximum atomic E-state index is 10.2. The largest absolute Gasteiger partial charge is 0.388 e. The lowest BCUT2D eigenvalue weighted by molar-refractivity contribution is -0.319. The quantitative estimate of drug-likeness (QED) is 0.241. The first-order chi connectivity index (χ1) is 14.6. The number of hydrogen-bond donors (Lipinski definition) is 6. The van der Waals surface area contributed by atoms with Gasteiger partial charge >= 0.3 is 0 Å². The number of allylic oxidation sites excluding steroid dienone is 3. The van der Waals surface area contributed by atoms with Gasteiger partial charge in [0, 0.05) is 0 Å². The summed E-state index contributed by atoms with van der Waals surface area (Å²) >= 11 is 0. The maximum absolute atomic E-state index is 10.2. The molecule has 0 saturated carbocycles. The van der Waals surface area contributed by atoms with Crippen LogP contribution in [0.15, 0.2) is 23.3 Å². The van der Waals surface area contributed by atoms with E-state index in [4.69, 9.17) is 18.9 Å². The Balaban J connectivity index is 1.86. The summed E-state index contributed by atoms with van der Waals surface area (Å²) in [5, 5.41) is 59.6. The molecule has 2 rings (SSSR count). The average molecular weight is 449 g/mol. The van der Waals surface area contributed by atoms with Gasteiger partial charge in [0.2, 0.25) is 0 Å². The molecule has 0 spiro atoms. The van der Waals surface area contributed by atoms with Crippen LogP contribution in [0.2, 0.25) is 0 Å². The molecule has 2 fully saturated rings. The summed E-state index contributed by atoms with van der Waals surface area (Å²) in [7, 11) is 0. The van der Waals surface area contributed by atoms with Gasteiger partial charge in [-0.25, -0.2) is 0 Å². The van der Waals surface area contributed by atoms with Gasteiger partial charge < -0.3 is 49.6 Å². The number of aliphatic hydroxyl groups excluding tert-OH is 6. The molecule has 0 radical (unpaired) electrons. The highest BCUT2D eigenvalue weighted by molar-refractivity contribution is 5.02. The fourth-order valence-corrected chi connectivity index (χ4v) is 3.28. The minimum Gasteiger partial charge on any atom is -0.388 e. The Morgan fingerprint density at radius 2 is 1.52 bits per heavy atom. The fourth-order valence-electron chi connectivity index (χ4n) is 3.28. The van der Waals surface area contributed by atoms with Crippen LogP contribution in [0.25, 0.3) is 0 Å². The van der Waals surface area contributed by atoms with Gasteiger partial charge in [-0.3, -0.25) is 0 Å². The Labute approximate surface area is 182 Å². The second-order valence-electron chi connectivity index (χ2n) is 8.30. The van der Waals surface area contributed by atoms with Crippen molar-refractivity contribution in [2.75, 3.05) is 19.8 Å². The summed E-state index contributed by atoms with van der Waals surface area (Å²) in [5.74, 6) is 0. The van der Waals surface area contributed by atoms with Gasteiger partial charge in [-0.15, -0.1) is 0 Å². The Kier molecular flexibility index (Phi) is 10.5. The summed E-state index contributed by atoms with van der Waals surface area (Å²) in [4.78, 5) is 0. The monoisotopic (exact) mass is 448 g/mol. The zero-order valence-corrected chi connectivity index (χ0v) is 18.2. The third-order valence-corrected chi connectivity index (χ3v) is 5.33. The van der Waals surface area contributed by atoms with Crippen molar-refractivity contribution in [2.24, 2.45) is 0 Å². The van der Waals surface area contributed by atoms with Crippen LogP contribution in [0, 0.1) is 0 Å². The van der Waals surface area contributed by atoms with Crippen molar-refractivity contribution in [1.29, 1.82) is 0 Å². The van der Waals surface area contributed by atoms with E-state index in [-0.39, 0.29) is 19.8 Å². The molecule has 31 heavy (non-hydrogen) atoms. The minimum atomic E-state index is -1.53. The summed E-state index contributed by atoms with van der Waals surface area (Å²) in [5.41, 5.74) is 2.35. The lowest BCUT2D eigenvalue weighted by Crippen LogP contribution is -2.60. The van der Waals surface area contributed by atoms with Crippen molar-refractivity contribution in [1.82, 2.24) is 0 Å². The summed E-state index contributed by atoms with van der Waals surface area (Å²) in [6.45, 7) is 5.65. The van der Waals surface area contributed by atoms with Crippen molar-refractivity contribution < 1.29 is 49.6 Å². The van der Waals surface area contributed by atoms with Crippen LogP contribution in [-0.2, 0) is 18.9 Å². The van der Waals surface area contributed by atoms with E-state index in [1.807, 2.05) is 26.8 Å². The van der Waals surface area contributed by atoms with Crippen LogP contribution in [0.3, 0.4) is 0 Å². The summed E-state index contributed by atoms with van der Waals surface area (Å²) < 4.78 is 21.6. The molecule has 10 heteroatoms. The van der Waals surface area contributed by atoms with Crippen molar-refractivity contribution in [3.8, 4) is 0 Å². The molecule has 0 aromatic carbocycles. The normalized spacial score (nSPS) is 39.4. The molecule has 6 N–H and O–H groups in total. The molecule has 0 amide bonds. The maximum Gasteiger partial charge on any atom is 0.187 e. The van der Waals surface area contributed by atoms with Crippen LogP contribution in [-0.4, -0.2) is 106 Å². The van der Waals surface area contributed by atoms with Gasteiger partial charge in [0.1, 0.15) is 42.7 Å². The van der Waals surface area contributed by atoms with E-state index in [1.54, 1.807) is 0 Å². The molecule has 9 unspecified atom stereocenters. The summed E-state index contributed by atoms with van der Waals surface area (Å²) in [6, 6.07) is 0. The van der Waals surface area contributed by atoms with E-state index in [0.717, 1.165) is 18.4 Å². The zero-order valence-electron chi connectivity index (χ0n) is 18.2. The van der Waals surface area contributed by atoms with Crippen molar-refractivity contribution in [3.05, 3.63) is 23.3 Å². The lowest BCUT2D eigenvalue weighted by Gasteiger charge is -2.41. The molecule has 9 atom stereocenters. The minimum absolute atomic E-state index is 0.146. The van der Waals surface area contributed by atoms with Crippen molar-refractivity contribution in [2.45, 2.75) is 88.9 Å². The Bertz CT molecular complexity index is 605. The lowest BCUT2D eigenvalue weighted by atomic mass is 9.99. The van der Waals surface area contributed by atoms with E-state index >= 15 is 0 Å². The standard InChI is InChI=1S/C21H36O10/c1-11(2)5-4-6-12(3)7-8-28-21-19(27)17(25)16(24)14(31-21)10-30-20-18(26)15(23)13(22)9-29-20/h5,7,13-27H,4,6,8-10H2,1-3H3/b12-7-. The van der Waals surface area contributed by atoms with Gasteiger partial charge in [0.25, 0.3) is 0 Å². The van der Waals surface area contributed by atoms with E-state index in [0.29, 0.717) is 0 Å². The highest BCUT2D eigenvalue weighted by Gasteiger charge is 2.45. The van der Waals surface area contributed by atoms with Gasteiger partial charge in [0.05, 0.1) is 19.8 Å². The molecule has 2 heterocycles. The average Bonchev–Trinajstić information content (AvgIpc) is 2.72. The van der Waals surface area contributed by atoms with E-state index in [9.17, 15) is 30.6 Å². The Hall–Kier alpha value is -0.920. The molecular formula is C21H36O10. The van der Waals surface area contributed by atoms with Crippen LogP contribution in [0.4, 0.5) is 0 Å². The molecular weight excluding hydrogens is 412 g/mol. The number of hydrogen-bond acceptors (Lipinski definition) is 10. The van der Waals surface area contributed by atoms with Gasteiger partial charge in [-0.2, -0.15) is 0 Å². The Morgan fingerprint density at radius 3 is 2.19 bits per heavy atom. The molecule has 2 aliphatic heterocycles. The summed E-state index contributed by atoms with van der Waals surface area (Å²) in [6.07, 6.45) is -6.36. The van der Waals surface area contributed by atoms with E-state index in [2.05, 4.69) is 6.08 Å². The van der Waals surface area contributed by atoms with Crippen LogP contribution in [0.5, 0.6) is 0 Å². The first-order valence-corrected chi connectivity index (χ1v) is 10.5. The van der Waals surface area contributed by atoms with E-state index < -0.39 is 55.3 Å². The number of aliphatic hydroxyl groups is 6. The molecule has 0 aliphatic carbocycles. The second kappa shape index (κ2) is 12.4. The molecule has 0 aromatic heterocycles. The molecule has 180 valence electrons. The highest BCUT2D eigenvalue weighted by atomic mass is 16.7. The van der Waals surface area contributed by atoms with Crippen LogP contribution < -0.4 is 0 Å². The smallest absolute Gasteiger partial charge is 0.187 e. The van der Waals surface area contributed by atoms with Crippen LogP contribution in [0.1, 0.15) is 33.6 Å². The second-order valence-corrected chi connectivity index (χ2v) is 8.30. The first kappa shape index (κ1) is 26.3. The van der Waals surface area contributed by atoms with E-state index in [1.165, 1.54) is 5.57 Å². The van der Waals surface area contributed by atoms with Crippen molar-refractivity contribution >= 4 is 0 Å².